The van der Waals surface area contributed by atoms with Crippen molar-refractivity contribution in [2.75, 3.05) is 26.3 Å². The largest absolute Gasteiger partial charge is 0.490 e. The van der Waals surface area contributed by atoms with Gasteiger partial charge in [-0.25, -0.2) is 0 Å². The van der Waals surface area contributed by atoms with Crippen LogP contribution in [0, 0.1) is 5.92 Å². The molecule has 0 aromatic heterocycles. The molecule has 1 aromatic rings. The van der Waals surface area contributed by atoms with Crippen LogP contribution in [0.15, 0.2) is 18.2 Å². The standard InChI is InChI=1S/C18H32N2O2/c1-4-8-21-17-7-6-16(11-18(17)22-9-5-2)14(3)10-15(12-19)13-20/h6-7,11,14-15H,4-5,8-10,12-13,19-20H2,1-3H3. The van der Waals surface area contributed by atoms with Gasteiger partial charge in [-0.3, -0.25) is 0 Å². The Morgan fingerprint density at radius 2 is 1.55 bits per heavy atom. The minimum Gasteiger partial charge on any atom is -0.490 e. The lowest BCUT2D eigenvalue weighted by Gasteiger charge is -2.20. The van der Waals surface area contributed by atoms with Crippen LogP contribution in [0.3, 0.4) is 0 Å². The summed E-state index contributed by atoms with van der Waals surface area (Å²) < 4.78 is 11.6. The summed E-state index contributed by atoms with van der Waals surface area (Å²) in [6.07, 6.45) is 2.96. The van der Waals surface area contributed by atoms with Crippen molar-refractivity contribution in [3.8, 4) is 11.5 Å². The van der Waals surface area contributed by atoms with Gasteiger partial charge in [-0.2, -0.15) is 0 Å². The van der Waals surface area contributed by atoms with Crippen molar-refractivity contribution in [2.45, 2.75) is 46.0 Å². The van der Waals surface area contributed by atoms with Gasteiger partial charge >= 0.3 is 0 Å². The molecule has 0 radical (unpaired) electrons. The van der Waals surface area contributed by atoms with E-state index in [1.54, 1.807) is 0 Å². The fourth-order valence-corrected chi connectivity index (χ4v) is 2.41. The number of rotatable bonds is 11. The Labute approximate surface area is 135 Å². The molecule has 0 heterocycles. The molecule has 0 aliphatic rings. The molecule has 0 amide bonds. The van der Waals surface area contributed by atoms with Gasteiger partial charge in [0.1, 0.15) is 0 Å². The molecular formula is C18H32N2O2. The van der Waals surface area contributed by atoms with Crippen molar-refractivity contribution < 1.29 is 9.47 Å². The molecule has 1 rings (SSSR count). The van der Waals surface area contributed by atoms with Gasteiger partial charge < -0.3 is 20.9 Å². The first-order valence-corrected chi connectivity index (χ1v) is 8.45. The predicted octanol–water partition coefficient (Wildman–Crippen LogP) is 3.29. The molecule has 0 spiro atoms. The monoisotopic (exact) mass is 308 g/mol. The third-order valence-corrected chi connectivity index (χ3v) is 3.81. The predicted molar refractivity (Wildman–Crippen MR) is 92.6 cm³/mol. The summed E-state index contributed by atoms with van der Waals surface area (Å²) in [6.45, 7) is 9.10. The van der Waals surface area contributed by atoms with Crippen molar-refractivity contribution in [3.05, 3.63) is 23.8 Å². The van der Waals surface area contributed by atoms with Crippen molar-refractivity contribution in [1.29, 1.82) is 0 Å². The van der Waals surface area contributed by atoms with Gasteiger partial charge in [-0.05, 0) is 61.9 Å². The lowest BCUT2D eigenvalue weighted by Crippen LogP contribution is -2.24. The molecule has 22 heavy (non-hydrogen) atoms. The van der Waals surface area contributed by atoms with E-state index in [0.29, 0.717) is 38.1 Å². The molecule has 0 saturated heterocycles. The lowest BCUT2D eigenvalue weighted by atomic mass is 9.90. The minimum absolute atomic E-state index is 0.367. The Morgan fingerprint density at radius 1 is 0.955 bits per heavy atom. The van der Waals surface area contributed by atoms with Crippen LogP contribution >= 0.6 is 0 Å². The van der Waals surface area contributed by atoms with E-state index in [1.807, 2.05) is 6.07 Å². The van der Waals surface area contributed by atoms with Crippen molar-refractivity contribution in [2.24, 2.45) is 17.4 Å². The van der Waals surface area contributed by atoms with E-state index in [-0.39, 0.29) is 0 Å². The van der Waals surface area contributed by atoms with E-state index in [2.05, 4.69) is 32.9 Å². The van der Waals surface area contributed by atoms with Gasteiger partial charge in [0.2, 0.25) is 0 Å². The number of benzene rings is 1. The van der Waals surface area contributed by atoms with E-state index in [4.69, 9.17) is 20.9 Å². The van der Waals surface area contributed by atoms with Crippen LogP contribution < -0.4 is 20.9 Å². The van der Waals surface area contributed by atoms with Gasteiger partial charge in [0.15, 0.2) is 11.5 Å². The molecule has 1 unspecified atom stereocenters. The van der Waals surface area contributed by atoms with Crippen LogP contribution in [0.2, 0.25) is 0 Å². The maximum atomic E-state index is 5.86. The number of hydrogen-bond acceptors (Lipinski definition) is 4. The third-order valence-electron chi connectivity index (χ3n) is 3.81. The van der Waals surface area contributed by atoms with Crippen molar-refractivity contribution in [1.82, 2.24) is 0 Å². The Morgan fingerprint density at radius 3 is 2.09 bits per heavy atom. The first-order valence-electron chi connectivity index (χ1n) is 8.45. The second-order valence-corrected chi connectivity index (χ2v) is 5.88. The highest BCUT2D eigenvalue weighted by Crippen LogP contribution is 2.33. The zero-order valence-electron chi connectivity index (χ0n) is 14.3. The second-order valence-electron chi connectivity index (χ2n) is 5.88. The third kappa shape index (κ3) is 5.85. The first kappa shape index (κ1) is 18.8. The molecule has 1 atom stereocenters. The van der Waals surface area contributed by atoms with Crippen molar-refractivity contribution in [3.63, 3.8) is 0 Å². The van der Waals surface area contributed by atoms with Crippen molar-refractivity contribution >= 4 is 0 Å². The summed E-state index contributed by atoms with van der Waals surface area (Å²) in [5.41, 5.74) is 12.8. The highest BCUT2D eigenvalue weighted by Gasteiger charge is 2.15. The van der Waals surface area contributed by atoms with Crippen LogP contribution in [-0.4, -0.2) is 26.3 Å². The summed E-state index contributed by atoms with van der Waals surface area (Å²) in [4.78, 5) is 0. The Balaban J connectivity index is 2.86. The van der Waals surface area contributed by atoms with Crippen LogP contribution in [0.4, 0.5) is 0 Å². The smallest absolute Gasteiger partial charge is 0.161 e. The molecule has 1 aromatic carbocycles. The van der Waals surface area contributed by atoms with E-state index in [1.165, 1.54) is 5.56 Å². The average Bonchev–Trinajstić information content (AvgIpc) is 2.55. The Kier molecular flexibility index (Phi) is 8.94. The van der Waals surface area contributed by atoms with E-state index in [0.717, 1.165) is 30.8 Å². The van der Waals surface area contributed by atoms with Crippen LogP contribution in [0.1, 0.15) is 51.5 Å². The average molecular weight is 308 g/mol. The fraction of sp³-hybridized carbons (Fsp3) is 0.667. The topological polar surface area (TPSA) is 70.5 Å². The maximum Gasteiger partial charge on any atom is 0.161 e. The molecule has 0 fully saturated rings. The lowest BCUT2D eigenvalue weighted by molar-refractivity contribution is 0.268. The minimum atomic E-state index is 0.367. The quantitative estimate of drug-likeness (QED) is 0.658. The number of hydrogen-bond donors (Lipinski definition) is 2. The number of ether oxygens (including phenoxy) is 2. The van der Waals surface area contributed by atoms with Gasteiger partial charge in [0.25, 0.3) is 0 Å². The summed E-state index contributed by atoms with van der Waals surface area (Å²) in [5, 5.41) is 0. The highest BCUT2D eigenvalue weighted by molar-refractivity contribution is 5.44. The van der Waals surface area contributed by atoms with Gasteiger partial charge in [0, 0.05) is 0 Å². The summed E-state index contributed by atoms with van der Waals surface area (Å²) in [6, 6.07) is 6.25. The van der Waals surface area contributed by atoms with Gasteiger partial charge in [-0.1, -0.05) is 26.8 Å². The molecule has 4 N–H and O–H groups in total. The van der Waals surface area contributed by atoms with E-state index >= 15 is 0 Å². The van der Waals surface area contributed by atoms with Crippen LogP contribution in [0.25, 0.3) is 0 Å². The zero-order valence-corrected chi connectivity index (χ0v) is 14.3. The van der Waals surface area contributed by atoms with Crippen LogP contribution in [-0.2, 0) is 0 Å². The molecule has 4 nitrogen and oxygen atoms in total. The fourth-order valence-electron chi connectivity index (χ4n) is 2.41. The zero-order chi connectivity index (χ0) is 16.4. The maximum absolute atomic E-state index is 5.86. The SMILES string of the molecule is CCCOc1ccc(C(C)CC(CN)CN)cc1OCCC. The summed E-state index contributed by atoms with van der Waals surface area (Å²) in [5.74, 6) is 2.45. The number of nitrogens with two attached hydrogens (primary N) is 2. The molecule has 0 saturated carbocycles. The molecule has 0 aliphatic heterocycles. The van der Waals surface area contributed by atoms with Crippen LogP contribution in [0.5, 0.6) is 11.5 Å². The Bertz CT molecular complexity index is 420. The highest BCUT2D eigenvalue weighted by atomic mass is 16.5. The first-order chi connectivity index (χ1) is 10.7. The molecule has 4 heteroatoms. The second kappa shape index (κ2) is 10.5. The summed E-state index contributed by atoms with van der Waals surface area (Å²) >= 11 is 0. The molecule has 126 valence electrons. The van der Waals surface area contributed by atoms with E-state index in [9.17, 15) is 0 Å². The molecule has 0 aliphatic carbocycles. The Hall–Kier alpha value is -1.26. The van der Waals surface area contributed by atoms with Gasteiger partial charge in [0.05, 0.1) is 13.2 Å². The normalized spacial score (nSPS) is 12.5. The summed E-state index contributed by atoms with van der Waals surface area (Å²) in [7, 11) is 0. The molecule has 0 bridgehead atoms. The van der Waals surface area contributed by atoms with Gasteiger partial charge in [-0.15, -0.1) is 0 Å². The molecular weight excluding hydrogens is 276 g/mol. The van der Waals surface area contributed by atoms with E-state index < -0.39 is 0 Å².